The van der Waals surface area contributed by atoms with E-state index in [0.29, 0.717) is 27.3 Å². The highest BCUT2D eigenvalue weighted by Gasteiger charge is 2.36. The third-order valence-corrected chi connectivity index (χ3v) is 5.21. The minimum Gasteiger partial charge on any atom is -0.494 e. The summed E-state index contributed by atoms with van der Waals surface area (Å²) in [6, 6.07) is 3.21. The van der Waals surface area contributed by atoms with Crippen LogP contribution in [0.4, 0.5) is 0 Å². The average molecular weight is 371 g/mol. The molecule has 0 saturated heterocycles. The van der Waals surface area contributed by atoms with E-state index in [9.17, 15) is 4.79 Å². The van der Waals surface area contributed by atoms with Gasteiger partial charge in [-0.2, -0.15) is 0 Å². The Balaban J connectivity index is 2.13. The Bertz CT molecular complexity index is 710. The van der Waals surface area contributed by atoms with Gasteiger partial charge in [-0.25, -0.2) is 0 Å². The van der Waals surface area contributed by atoms with Gasteiger partial charge in [0.25, 0.3) is 0 Å². The van der Waals surface area contributed by atoms with Crippen LogP contribution in [0.3, 0.4) is 0 Å². The maximum atomic E-state index is 12.5. The van der Waals surface area contributed by atoms with Gasteiger partial charge in [-0.05, 0) is 42.8 Å². The average Bonchev–Trinajstić information content (AvgIpc) is 2.50. The maximum Gasteiger partial charge on any atom is 0.173 e. The standard InChI is InChI=1S/C16H16Cl2N2O2S/c1-20-11-4-3-5-12(21)13(11)14(19-16(20)23)8-6-9(17)15(22-2)10(18)7-8/h6-7,14H,3-5H2,1-2H3,(H,19,23). The second-order valence-corrected chi connectivity index (χ2v) is 6.80. The van der Waals surface area contributed by atoms with Gasteiger partial charge in [0.15, 0.2) is 16.6 Å². The Morgan fingerprint density at radius 1 is 1.30 bits per heavy atom. The normalized spacial score (nSPS) is 21.2. The van der Waals surface area contributed by atoms with Crippen molar-refractivity contribution in [2.24, 2.45) is 0 Å². The Kier molecular flexibility index (Phi) is 4.54. The summed E-state index contributed by atoms with van der Waals surface area (Å²) in [6.45, 7) is 0. The minimum absolute atomic E-state index is 0.140. The predicted molar refractivity (Wildman–Crippen MR) is 95.1 cm³/mol. The van der Waals surface area contributed by atoms with Crippen molar-refractivity contribution in [3.63, 3.8) is 0 Å². The van der Waals surface area contributed by atoms with E-state index in [1.54, 1.807) is 12.1 Å². The number of allylic oxidation sites excluding steroid dienone is 1. The zero-order chi connectivity index (χ0) is 16.7. The molecule has 0 fully saturated rings. The van der Waals surface area contributed by atoms with Crippen molar-refractivity contribution >= 4 is 46.3 Å². The summed E-state index contributed by atoms with van der Waals surface area (Å²) in [7, 11) is 3.40. The Morgan fingerprint density at radius 2 is 1.96 bits per heavy atom. The molecule has 1 aliphatic carbocycles. The summed E-state index contributed by atoms with van der Waals surface area (Å²) in [5.74, 6) is 0.568. The highest BCUT2D eigenvalue weighted by Crippen LogP contribution is 2.41. The highest BCUT2D eigenvalue weighted by molar-refractivity contribution is 7.80. The maximum absolute atomic E-state index is 12.5. The number of methoxy groups -OCH3 is 1. The van der Waals surface area contributed by atoms with Crippen LogP contribution in [0, 0.1) is 0 Å². The van der Waals surface area contributed by atoms with Gasteiger partial charge in [0.2, 0.25) is 0 Å². The van der Waals surface area contributed by atoms with Gasteiger partial charge in [-0.1, -0.05) is 23.2 Å². The van der Waals surface area contributed by atoms with E-state index in [1.165, 1.54) is 7.11 Å². The molecule has 0 aromatic heterocycles. The lowest BCUT2D eigenvalue weighted by Crippen LogP contribution is -2.47. The predicted octanol–water partition coefficient (Wildman–Crippen LogP) is 3.87. The van der Waals surface area contributed by atoms with Gasteiger partial charge in [0.05, 0.1) is 23.2 Å². The molecule has 23 heavy (non-hydrogen) atoms. The van der Waals surface area contributed by atoms with E-state index in [2.05, 4.69) is 5.32 Å². The summed E-state index contributed by atoms with van der Waals surface area (Å²) in [4.78, 5) is 14.4. The summed E-state index contributed by atoms with van der Waals surface area (Å²) >= 11 is 17.9. The van der Waals surface area contributed by atoms with Crippen LogP contribution in [0.5, 0.6) is 5.75 Å². The molecule has 1 aromatic rings. The van der Waals surface area contributed by atoms with Crippen LogP contribution in [0.25, 0.3) is 0 Å². The van der Waals surface area contributed by atoms with Crippen LogP contribution in [0.15, 0.2) is 23.4 Å². The van der Waals surface area contributed by atoms with E-state index < -0.39 is 0 Å². The third-order valence-electron chi connectivity index (χ3n) is 4.25. The Hall–Kier alpha value is -1.30. The Morgan fingerprint density at radius 3 is 2.57 bits per heavy atom. The van der Waals surface area contributed by atoms with Gasteiger partial charge in [-0.3, -0.25) is 4.79 Å². The van der Waals surface area contributed by atoms with E-state index in [1.807, 2.05) is 11.9 Å². The van der Waals surface area contributed by atoms with Gasteiger partial charge in [0.1, 0.15) is 0 Å². The molecule has 1 N–H and O–H groups in total. The number of hydrogen-bond acceptors (Lipinski definition) is 3. The summed E-state index contributed by atoms with van der Waals surface area (Å²) < 4.78 is 5.19. The molecule has 0 amide bonds. The first-order valence-electron chi connectivity index (χ1n) is 7.27. The summed E-state index contributed by atoms with van der Waals surface area (Å²) in [6.07, 6.45) is 2.24. The molecule has 4 nitrogen and oxygen atoms in total. The van der Waals surface area contributed by atoms with Gasteiger partial charge in [-0.15, -0.1) is 0 Å². The highest BCUT2D eigenvalue weighted by atomic mass is 35.5. The second-order valence-electron chi connectivity index (χ2n) is 5.60. The fraction of sp³-hybridized carbons (Fsp3) is 0.375. The SMILES string of the molecule is COc1c(Cl)cc(C2NC(=S)N(C)C3=C2C(=O)CCC3)cc1Cl. The number of nitrogens with one attached hydrogen (secondary N) is 1. The molecule has 1 aromatic carbocycles. The van der Waals surface area contributed by atoms with Crippen molar-refractivity contribution < 1.29 is 9.53 Å². The molecular formula is C16H16Cl2N2O2S. The molecule has 1 heterocycles. The lowest BCUT2D eigenvalue weighted by atomic mass is 9.85. The van der Waals surface area contributed by atoms with Crippen molar-refractivity contribution in [1.29, 1.82) is 0 Å². The topological polar surface area (TPSA) is 41.6 Å². The number of carbonyl (C=O) groups is 1. The van der Waals surface area contributed by atoms with Crippen LogP contribution >= 0.6 is 35.4 Å². The van der Waals surface area contributed by atoms with E-state index in [-0.39, 0.29) is 11.8 Å². The smallest absolute Gasteiger partial charge is 0.173 e. The molecular weight excluding hydrogens is 355 g/mol. The van der Waals surface area contributed by atoms with E-state index in [0.717, 1.165) is 29.7 Å². The molecule has 1 atom stereocenters. The quantitative estimate of drug-likeness (QED) is 0.800. The lowest BCUT2D eigenvalue weighted by Gasteiger charge is -2.39. The number of ketones is 1. The zero-order valence-electron chi connectivity index (χ0n) is 12.8. The molecule has 0 spiro atoms. The molecule has 1 aliphatic heterocycles. The molecule has 0 bridgehead atoms. The van der Waals surface area contributed by atoms with Gasteiger partial charge in [0, 0.05) is 24.7 Å². The second kappa shape index (κ2) is 6.30. The number of Topliss-reactive ketones (excluding diaryl/α,β-unsaturated/α-hetero) is 1. The summed E-state index contributed by atoms with van der Waals surface area (Å²) in [5, 5.41) is 4.63. The van der Waals surface area contributed by atoms with Crippen molar-refractivity contribution in [3.8, 4) is 5.75 Å². The van der Waals surface area contributed by atoms with Gasteiger partial charge >= 0.3 is 0 Å². The number of ether oxygens (including phenoxy) is 1. The number of carbonyl (C=O) groups excluding carboxylic acids is 1. The zero-order valence-corrected chi connectivity index (χ0v) is 15.1. The first-order valence-corrected chi connectivity index (χ1v) is 8.44. The first-order chi connectivity index (χ1) is 10.9. The van der Waals surface area contributed by atoms with Crippen LogP contribution in [-0.2, 0) is 4.79 Å². The number of nitrogens with zero attached hydrogens (tertiary/aromatic N) is 1. The molecule has 122 valence electrons. The lowest BCUT2D eigenvalue weighted by molar-refractivity contribution is -0.116. The Labute approximate surface area is 150 Å². The van der Waals surface area contributed by atoms with Crippen molar-refractivity contribution in [3.05, 3.63) is 39.0 Å². The van der Waals surface area contributed by atoms with E-state index >= 15 is 0 Å². The first kappa shape index (κ1) is 16.6. The number of benzene rings is 1. The van der Waals surface area contributed by atoms with Crippen molar-refractivity contribution in [1.82, 2.24) is 10.2 Å². The van der Waals surface area contributed by atoms with Crippen LogP contribution in [-0.4, -0.2) is 30.0 Å². The molecule has 1 unspecified atom stereocenters. The van der Waals surface area contributed by atoms with E-state index in [4.69, 9.17) is 40.2 Å². The molecule has 0 radical (unpaired) electrons. The monoisotopic (exact) mass is 370 g/mol. The largest absolute Gasteiger partial charge is 0.494 e. The molecule has 0 saturated carbocycles. The molecule has 7 heteroatoms. The third kappa shape index (κ3) is 2.82. The molecule has 2 aliphatic rings. The molecule has 3 rings (SSSR count). The van der Waals surface area contributed by atoms with Crippen LogP contribution in [0.1, 0.15) is 30.9 Å². The van der Waals surface area contributed by atoms with Gasteiger partial charge < -0.3 is 15.0 Å². The number of hydrogen-bond donors (Lipinski definition) is 1. The number of rotatable bonds is 2. The summed E-state index contributed by atoms with van der Waals surface area (Å²) in [5.41, 5.74) is 2.54. The fourth-order valence-corrected chi connectivity index (χ4v) is 4.02. The van der Waals surface area contributed by atoms with Crippen LogP contribution < -0.4 is 10.1 Å². The fourth-order valence-electron chi connectivity index (χ4n) is 3.13. The number of halogens is 2. The minimum atomic E-state index is -0.331. The van der Waals surface area contributed by atoms with Crippen LogP contribution in [0.2, 0.25) is 10.0 Å². The van der Waals surface area contributed by atoms with Crippen molar-refractivity contribution in [2.75, 3.05) is 14.2 Å². The van der Waals surface area contributed by atoms with Crippen molar-refractivity contribution in [2.45, 2.75) is 25.3 Å². The number of thiocarbonyl (C=S) groups is 1.